The second-order valence-corrected chi connectivity index (χ2v) is 11.0. The predicted molar refractivity (Wildman–Crippen MR) is 129 cm³/mol. The van der Waals surface area contributed by atoms with Crippen LogP contribution in [0.3, 0.4) is 0 Å². The van der Waals surface area contributed by atoms with Gasteiger partial charge in [-0.05, 0) is 47.6 Å². The van der Waals surface area contributed by atoms with Gasteiger partial charge in [0.15, 0.2) is 0 Å². The molecule has 0 aliphatic carbocycles. The second kappa shape index (κ2) is 10.7. The molecule has 39 heavy (non-hydrogen) atoms. The van der Waals surface area contributed by atoms with Crippen LogP contribution in [0.2, 0.25) is 0 Å². The number of alkyl halides is 5. The summed E-state index contributed by atoms with van der Waals surface area (Å²) in [6, 6.07) is 1.50. The molecule has 0 radical (unpaired) electrons. The Morgan fingerprint density at radius 3 is 2.62 bits per heavy atom. The lowest BCUT2D eigenvalue weighted by molar-refractivity contribution is -0.137. The van der Waals surface area contributed by atoms with E-state index in [-0.39, 0.29) is 31.8 Å². The first kappa shape index (κ1) is 28.8. The third-order valence-corrected chi connectivity index (χ3v) is 7.80. The van der Waals surface area contributed by atoms with Crippen LogP contribution in [-0.2, 0) is 40.1 Å². The summed E-state index contributed by atoms with van der Waals surface area (Å²) in [6.45, 7) is 3.19. The van der Waals surface area contributed by atoms with Gasteiger partial charge in [0.1, 0.15) is 12.1 Å². The fourth-order valence-corrected chi connectivity index (χ4v) is 5.87. The van der Waals surface area contributed by atoms with E-state index >= 15 is 0 Å². The van der Waals surface area contributed by atoms with Crippen LogP contribution < -0.4 is 5.32 Å². The molecule has 4 rings (SSSR count). The van der Waals surface area contributed by atoms with Gasteiger partial charge in [-0.1, -0.05) is 26.7 Å². The van der Waals surface area contributed by atoms with E-state index in [0.717, 1.165) is 29.9 Å². The first-order valence-electron chi connectivity index (χ1n) is 13.1. The van der Waals surface area contributed by atoms with Crippen molar-refractivity contribution in [1.29, 1.82) is 5.26 Å². The van der Waals surface area contributed by atoms with Crippen LogP contribution in [0.4, 0.5) is 22.0 Å². The summed E-state index contributed by atoms with van der Waals surface area (Å²) in [7, 11) is 0. The fourth-order valence-electron chi connectivity index (χ4n) is 5.87. The van der Waals surface area contributed by atoms with Crippen molar-refractivity contribution in [2.75, 3.05) is 6.54 Å². The number of halogens is 5. The number of nitriles is 1. The highest BCUT2D eigenvalue weighted by Gasteiger charge is 2.50. The summed E-state index contributed by atoms with van der Waals surface area (Å²) in [4.78, 5) is 40.7. The standard InChI is InChI=1S/C27H31F5N4O3/c1-3-4-15(2)5-16-6-19(27(30,31)32)7-18-12-35(13-21(16)18)23(37)9-17-8-22(34-24(17)38)25(39)36-14-26(28,29)10-20(36)11-33/h6-7,15,17,20,22H,3-5,8-10,12-14H2,1-2H3,(H,34,38)/t15?,17-,20-,22-/m0/s1. The van der Waals surface area contributed by atoms with Crippen molar-refractivity contribution < 1.29 is 36.3 Å². The number of rotatable bonds is 7. The molecule has 0 spiro atoms. The zero-order valence-electron chi connectivity index (χ0n) is 21.8. The molecule has 7 nitrogen and oxygen atoms in total. The number of carbonyl (C=O) groups is 3. The third kappa shape index (κ3) is 6.17. The molecule has 212 valence electrons. The molecule has 3 aliphatic rings. The van der Waals surface area contributed by atoms with Crippen LogP contribution in [0.5, 0.6) is 0 Å². The lowest BCUT2D eigenvalue weighted by Crippen LogP contribution is -2.46. The number of nitrogens with zero attached hydrogens (tertiary/aromatic N) is 3. The number of likely N-dealkylation sites (tertiary alicyclic amines) is 1. The largest absolute Gasteiger partial charge is 0.416 e. The average Bonchev–Trinajstić information content (AvgIpc) is 3.52. The molecule has 2 saturated heterocycles. The van der Waals surface area contributed by atoms with Gasteiger partial charge in [-0.25, -0.2) is 8.78 Å². The van der Waals surface area contributed by atoms with Crippen LogP contribution in [0.25, 0.3) is 0 Å². The Morgan fingerprint density at radius 2 is 1.97 bits per heavy atom. The summed E-state index contributed by atoms with van der Waals surface area (Å²) >= 11 is 0. The lowest BCUT2D eigenvalue weighted by Gasteiger charge is -2.22. The highest BCUT2D eigenvalue weighted by Crippen LogP contribution is 2.38. The third-order valence-electron chi connectivity index (χ3n) is 7.80. The molecule has 3 amide bonds. The van der Waals surface area contributed by atoms with Gasteiger partial charge in [-0.15, -0.1) is 0 Å². The normalized spacial score (nSPS) is 24.9. The van der Waals surface area contributed by atoms with E-state index in [2.05, 4.69) is 5.32 Å². The van der Waals surface area contributed by atoms with Gasteiger partial charge in [0, 0.05) is 31.8 Å². The van der Waals surface area contributed by atoms with E-state index in [1.165, 1.54) is 4.90 Å². The maximum absolute atomic E-state index is 13.8. The smallest absolute Gasteiger partial charge is 0.344 e. The number of amides is 3. The molecule has 0 bridgehead atoms. The number of benzene rings is 1. The van der Waals surface area contributed by atoms with Crippen LogP contribution in [0.1, 0.15) is 68.2 Å². The molecule has 4 atom stereocenters. The molecule has 3 aliphatic heterocycles. The lowest BCUT2D eigenvalue weighted by atomic mass is 9.90. The van der Waals surface area contributed by atoms with Crippen molar-refractivity contribution >= 4 is 17.7 Å². The number of fused-ring (bicyclic) bond motifs is 1. The fraction of sp³-hybridized carbons (Fsp3) is 0.630. The van der Waals surface area contributed by atoms with E-state index in [9.17, 15) is 36.3 Å². The van der Waals surface area contributed by atoms with Gasteiger partial charge in [-0.2, -0.15) is 18.4 Å². The second-order valence-electron chi connectivity index (χ2n) is 11.0. The first-order chi connectivity index (χ1) is 18.2. The van der Waals surface area contributed by atoms with E-state index in [1.807, 2.05) is 13.8 Å². The molecule has 2 fully saturated rings. The van der Waals surface area contributed by atoms with Crippen molar-refractivity contribution in [3.05, 3.63) is 34.4 Å². The summed E-state index contributed by atoms with van der Waals surface area (Å²) in [5, 5.41) is 11.6. The van der Waals surface area contributed by atoms with E-state index in [1.54, 1.807) is 6.07 Å². The summed E-state index contributed by atoms with van der Waals surface area (Å²) in [5.41, 5.74) is 0.933. The number of carbonyl (C=O) groups excluding carboxylic acids is 3. The topological polar surface area (TPSA) is 93.5 Å². The SMILES string of the molecule is CCCC(C)Cc1cc(C(F)(F)F)cc2c1CN(C(=O)C[C@@H]1C[C@@H](C(=O)N3CC(F)(F)C[C@H]3C#N)NC1=O)C2. The molecule has 1 aromatic rings. The molecular weight excluding hydrogens is 523 g/mol. The van der Waals surface area contributed by atoms with Crippen LogP contribution in [0.15, 0.2) is 12.1 Å². The minimum Gasteiger partial charge on any atom is -0.344 e. The Balaban J connectivity index is 1.44. The van der Waals surface area contributed by atoms with Crippen molar-refractivity contribution in [2.45, 2.75) is 89.6 Å². The first-order valence-corrected chi connectivity index (χ1v) is 13.1. The number of nitrogens with one attached hydrogen (secondary N) is 1. The molecule has 1 N–H and O–H groups in total. The zero-order valence-corrected chi connectivity index (χ0v) is 21.8. The molecule has 12 heteroatoms. The van der Waals surface area contributed by atoms with Gasteiger partial charge >= 0.3 is 6.18 Å². The van der Waals surface area contributed by atoms with Crippen LogP contribution in [0, 0.1) is 23.2 Å². The molecule has 3 heterocycles. The summed E-state index contributed by atoms with van der Waals surface area (Å²) < 4.78 is 68.3. The average molecular weight is 555 g/mol. The van der Waals surface area contributed by atoms with Gasteiger partial charge in [0.25, 0.3) is 5.92 Å². The predicted octanol–water partition coefficient (Wildman–Crippen LogP) is 4.18. The highest BCUT2D eigenvalue weighted by atomic mass is 19.4. The zero-order chi connectivity index (χ0) is 28.7. The van der Waals surface area contributed by atoms with Crippen molar-refractivity contribution in [3.8, 4) is 6.07 Å². The van der Waals surface area contributed by atoms with Crippen molar-refractivity contribution in [3.63, 3.8) is 0 Å². The van der Waals surface area contributed by atoms with Gasteiger partial charge in [0.2, 0.25) is 17.7 Å². The van der Waals surface area contributed by atoms with Crippen molar-refractivity contribution in [2.24, 2.45) is 11.8 Å². The van der Waals surface area contributed by atoms with E-state index in [4.69, 9.17) is 5.26 Å². The Hall–Kier alpha value is -3.23. The molecule has 1 aromatic carbocycles. The Kier molecular flexibility index (Phi) is 7.92. The quantitative estimate of drug-likeness (QED) is 0.512. The number of hydrogen-bond acceptors (Lipinski definition) is 4. The number of hydrogen-bond donors (Lipinski definition) is 1. The molecular formula is C27H31F5N4O3. The molecule has 1 unspecified atom stereocenters. The molecule has 0 aromatic heterocycles. The maximum atomic E-state index is 13.8. The summed E-state index contributed by atoms with van der Waals surface area (Å²) in [5.74, 6) is -5.73. The maximum Gasteiger partial charge on any atom is 0.416 e. The van der Waals surface area contributed by atoms with Crippen LogP contribution in [-0.4, -0.2) is 52.1 Å². The highest BCUT2D eigenvalue weighted by molar-refractivity contribution is 5.94. The Morgan fingerprint density at radius 1 is 1.26 bits per heavy atom. The molecule has 0 saturated carbocycles. The summed E-state index contributed by atoms with van der Waals surface area (Å²) in [6.07, 6.45) is -3.45. The van der Waals surface area contributed by atoms with Gasteiger partial charge < -0.3 is 15.1 Å². The van der Waals surface area contributed by atoms with Crippen LogP contribution >= 0.6 is 0 Å². The van der Waals surface area contributed by atoms with E-state index < -0.39 is 66.4 Å². The van der Waals surface area contributed by atoms with Gasteiger partial charge in [0.05, 0.1) is 18.2 Å². The minimum absolute atomic E-state index is 0.0172. The van der Waals surface area contributed by atoms with Crippen molar-refractivity contribution in [1.82, 2.24) is 15.1 Å². The Bertz CT molecular complexity index is 1200. The minimum atomic E-state index is -4.53. The monoisotopic (exact) mass is 554 g/mol. The van der Waals surface area contributed by atoms with Gasteiger partial charge in [-0.3, -0.25) is 14.4 Å². The Labute approximate surface area is 223 Å². The van der Waals surface area contributed by atoms with E-state index in [0.29, 0.717) is 23.1 Å².